The third-order valence-corrected chi connectivity index (χ3v) is 7.35. The van der Waals surface area contributed by atoms with E-state index < -0.39 is 6.04 Å². The van der Waals surface area contributed by atoms with Crippen LogP contribution in [0, 0.1) is 6.92 Å². The molecule has 0 saturated carbocycles. The molecule has 1 aliphatic rings. The first kappa shape index (κ1) is 24.9. The second kappa shape index (κ2) is 10.1. The highest BCUT2D eigenvalue weighted by Crippen LogP contribution is 2.43. The Bertz CT molecular complexity index is 1780. The minimum Gasteiger partial charge on any atom is -0.493 e. The lowest BCUT2D eigenvalue weighted by Crippen LogP contribution is -2.29. The van der Waals surface area contributed by atoms with Gasteiger partial charge in [-0.15, -0.1) is 0 Å². The van der Waals surface area contributed by atoms with Crippen LogP contribution in [0.3, 0.4) is 0 Å². The van der Waals surface area contributed by atoms with Gasteiger partial charge in [0, 0.05) is 10.2 Å². The number of anilines is 1. The average molecular weight is 582 g/mol. The number of halogens is 1. The summed E-state index contributed by atoms with van der Waals surface area (Å²) in [7, 11) is 1.57. The Morgan fingerprint density at radius 1 is 0.897 bits per heavy atom. The summed E-state index contributed by atoms with van der Waals surface area (Å²) in [6.45, 7) is 2.34. The highest BCUT2D eigenvalue weighted by Gasteiger charge is 2.44. The molecule has 1 amide bonds. The molecule has 4 aromatic carbocycles. The van der Waals surface area contributed by atoms with E-state index in [1.807, 2.05) is 79.7 Å². The molecule has 0 fully saturated rings. The standard InChI is InChI=1S/C32H24BrNO5/c1-19-7-6-10-23(15-19)34-29(28-30(35)24-17-22(33)12-14-25(24)39-31(28)32(34)36)21-11-13-26(27(16-21)37-2)38-18-20-8-4-3-5-9-20/h3-17,29H,18H2,1-2H3. The number of benzene rings is 4. The Balaban J connectivity index is 1.50. The summed E-state index contributed by atoms with van der Waals surface area (Å²) >= 11 is 3.45. The van der Waals surface area contributed by atoms with Crippen LogP contribution in [-0.4, -0.2) is 13.0 Å². The van der Waals surface area contributed by atoms with Crippen molar-refractivity contribution in [3.8, 4) is 11.5 Å². The summed E-state index contributed by atoms with van der Waals surface area (Å²) in [5, 5.41) is 0.404. The monoisotopic (exact) mass is 581 g/mol. The largest absolute Gasteiger partial charge is 0.493 e. The number of aryl methyl sites for hydroxylation is 1. The number of hydrogen-bond acceptors (Lipinski definition) is 5. The fraction of sp³-hybridized carbons (Fsp3) is 0.125. The molecule has 0 spiro atoms. The van der Waals surface area contributed by atoms with Gasteiger partial charge in [-0.3, -0.25) is 14.5 Å². The van der Waals surface area contributed by atoms with Gasteiger partial charge < -0.3 is 13.9 Å². The van der Waals surface area contributed by atoms with E-state index in [0.29, 0.717) is 45.9 Å². The molecule has 0 bridgehead atoms. The van der Waals surface area contributed by atoms with Gasteiger partial charge in [0.05, 0.1) is 24.1 Å². The fourth-order valence-corrected chi connectivity index (χ4v) is 5.37. The summed E-state index contributed by atoms with van der Waals surface area (Å²) < 4.78 is 18.6. The van der Waals surface area contributed by atoms with E-state index in [0.717, 1.165) is 15.6 Å². The van der Waals surface area contributed by atoms with E-state index in [1.54, 1.807) is 30.2 Å². The number of rotatable bonds is 6. The van der Waals surface area contributed by atoms with Crippen molar-refractivity contribution in [2.45, 2.75) is 19.6 Å². The number of nitrogens with zero attached hydrogens (tertiary/aromatic N) is 1. The van der Waals surface area contributed by atoms with Crippen molar-refractivity contribution in [2.75, 3.05) is 12.0 Å². The molecule has 39 heavy (non-hydrogen) atoms. The van der Waals surface area contributed by atoms with Crippen molar-refractivity contribution >= 4 is 38.5 Å². The lowest BCUT2D eigenvalue weighted by molar-refractivity contribution is 0.0971. The van der Waals surface area contributed by atoms with E-state index in [9.17, 15) is 9.59 Å². The van der Waals surface area contributed by atoms with Crippen molar-refractivity contribution in [3.05, 3.63) is 134 Å². The normalized spacial score (nSPS) is 14.5. The number of hydrogen-bond donors (Lipinski definition) is 0. The maximum absolute atomic E-state index is 13.9. The van der Waals surface area contributed by atoms with Gasteiger partial charge in [0.2, 0.25) is 5.76 Å². The van der Waals surface area contributed by atoms with Crippen LogP contribution in [0.25, 0.3) is 11.0 Å². The predicted molar refractivity (Wildman–Crippen MR) is 154 cm³/mol. The number of carbonyl (C=O) groups is 1. The molecule has 1 atom stereocenters. The molecule has 5 aromatic rings. The number of carbonyl (C=O) groups excluding carboxylic acids is 1. The average Bonchev–Trinajstić information content (AvgIpc) is 3.25. The van der Waals surface area contributed by atoms with Gasteiger partial charge in [-0.05, 0) is 66.1 Å². The quantitative estimate of drug-likeness (QED) is 0.212. The van der Waals surface area contributed by atoms with Crippen molar-refractivity contribution in [3.63, 3.8) is 0 Å². The van der Waals surface area contributed by atoms with E-state index in [-0.39, 0.29) is 17.1 Å². The van der Waals surface area contributed by atoms with Crippen molar-refractivity contribution in [1.82, 2.24) is 0 Å². The van der Waals surface area contributed by atoms with Crippen LogP contribution < -0.4 is 19.8 Å². The summed E-state index contributed by atoms with van der Waals surface area (Å²) in [6.07, 6.45) is 0. The molecule has 7 heteroatoms. The molecule has 1 unspecified atom stereocenters. The van der Waals surface area contributed by atoms with Crippen molar-refractivity contribution in [1.29, 1.82) is 0 Å². The Morgan fingerprint density at radius 3 is 2.49 bits per heavy atom. The Hall–Kier alpha value is -4.36. The first-order valence-electron chi connectivity index (χ1n) is 12.5. The van der Waals surface area contributed by atoms with Crippen molar-refractivity contribution < 1.29 is 18.7 Å². The van der Waals surface area contributed by atoms with Crippen LogP contribution in [0.4, 0.5) is 5.69 Å². The second-order valence-corrected chi connectivity index (χ2v) is 10.3. The van der Waals surface area contributed by atoms with Crippen LogP contribution in [0.15, 0.2) is 105 Å². The maximum atomic E-state index is 13.9. The molecule has 0 N–H and O–H groups in total. The predicted octanol–water partition coefficient (Wildman–Crippen LogP) is 7.20. The molecule has 6 nitrogen and oxygen atoms in total. The Kier molecular flexibility index (Phi) is 6.45. The van der Waals surface area contributed by atoms with Crippen LogP contribution in [0.5, 0.6) is 11.5 Å². The maximum Gasteiger partial charge on any atom is 0.295 e. The molecule has 2 heterocycles. The van der Waals surface area contributed by atoms with E-state index >= 15 is 0 Å². The van der Waals surface area contributed by atoms with E-state index in [4.69, 9.17) is 13.9 Å². The van der Waals surface area contributed by atoms with Gasteiger partial charge in [0.1, 0.15) is 12.2 Å². The summed E-state index contributed by atoms with van der Waals surface area (Å²) in [4.78, 5) is 29.4. The lowest BCUT2D eigenvalue weighted by atomic mass is 9.97. The van der Waals surface area contributed by atoms with E-state index in [2.05, 4.69) is 15.9 Å². The third kappa shape index (κ3) is 4.49. The van der Waals surface area contributed by atoms with Crippen LogP contribution >= 0.6 is 15.9 Å². The van der Waals surface area contributed by atoms with Crippen LogP contribution in [0.1, 0.15) is 38.9 Å². The molecule has 0 saturated heterocycles. The first-order chi connectivity index (χ1) is 18.9. The number of methoxy groups -OCH3 is 1. The third-order valence-electron chi connectivity index (χ3n) is 6.85. The molecule has 1 aliphatic heterocycles. The molecule has 6 rings (SSSR count). The molecule has 0 aliphatic carbocycles. The van der Waals surface area contributed by atoms with Crippen molar-refractivity contribution in [2.24, 2.45) is 0 Å². The van der Waals surface area contributed by atoms with Crippen LogP contribution in [-0.2, 0) is 6.61 Å². The lowest BCUT2D eigenvalue weighted by Gasteiger charge is -2.26. The zero-order chi connectivity index (χ0) is 27.1. The number of amides is 1. The van der Waals surface area contributed by atoms with E-state index in [1.165, 1.54) is 0 Å². The van der Waals surface area contributed by atoms with Gasteiger partial charge in [-0.25, -0.2) is 0 Å². The first-order valence-corrected chi connectivity index (χ1v) is 13.2. The van der Waals surface area contributed by atoms with Gasteiger partial charge >= 0.3 is 0 Å². The molecule has 1 aromatic heterocycles. The SMILES string of the molecule is COc1cc(C2c3c(oc4ccc(Br)cc4c3=O)C(=O)N2c2cccc(C)c2)ccc1OCc1ccccc1. The topological polar surface area (TPSA) is 69.0 Å². The highest BCUT2D eigenvalue weighted by molar-refractivity contribution is 9.10. The minimum atomic E-state index is -0.717. The van der Waals surface area contributed by atoms with Gasteiger partial charge in [-0.2, -0.15) is 0 Å². The van der Waals surface area contributed by atoms with Crippen LogP contribution in [0.2, 0.25) is 0 Å². The zero-order valence-corrected chi connectivity index (χ0v) is 22.9. The molecule has 0 radical (unpaired) electrons. The van der Waals surface area contributed by atoms with Gasteiger partial charge in [0.25, 0.3) is 5.91 Å². The Morgan fingerprint density at radius 2 is 1.72 bits per heavy atom. The highest BCUT2D eigenvalue weighted by atomic mass is 79.9. The number of fused-ring (bicyclic) bond motifs is 2. The Labute approximate surface area is 233 Å². The molecular formula is C32H24BrNO5. The zero-order valence-electron chi connectivity index (χ0n) is 21.3. The second-order valence-electron chi connectivity index (χ2n) is 9.42. The number of ether oxygens (including phenoxy) is 2. The summed E-state index contributed by atoms with van der Waals surface area (Å²) in [5.41, 5.74) is 3.81. The molecular weight excluding hydrogens is 558 g/mol. The minimum absolute atomic E-state index is 0.0460. The van der Waals surface area contributed by atoms with Gasteiger partial charge in [0.15, 0.2) is 16.9 Å². The smallest absolute Gasteiger partial charge is 0.295 e. The summed E-state index contributed by atoms with van der Waals surface area (Å²) in [6, 6.07) is 27.5. The molecule has 194 valence electrons. The van der Waals surface area contributed by atoms with Gasteiger partial charge in [-0.1, -0.05) is 64.5 Å². The summed E-state index contributed by atoms with van der Waals surface area (Å²) in [5.74, 6) is 0.739. The fourth-order valence-electron chi connectivity index (χ4n) is 5.01.